The fourth-order valence-corrected chi connectivity index (χ4v) is 3.08. The Hall–Kier alpha value is -0.780. The molecular weight excluding hydrogens is 321 g/mol. The van der Waals surface area contributed by atoms with E-state index < -0.39 is 6.61 Å². The molecule has 0 radical (unpaired) electrons. The second kappa shape index (κ2) is 7.47. The highest BCUT2D eigenvalue weighted by atomic mass is 35.5. The summed E-state index contributed by atoms with van der Waals surface area (Å²) in [6.45, 7) is -1.09. The van der Waals surface area contributed by atoms with Crippen molar-refractivity contribution in [3.05, 3.63) is 22.2 Å². The standard InChI is InChI=1S/C14H18Cl2F2N2O/c1-20-5-3-2-4-10(20)8-19-9-6-11(15)13(12(16)7-9)21-14(17)18/h6-7,10,14,19H,2-5,8H2,1H3. The van der Waals surface area contributed by atoms with Crippen LogP contribution in [0.5, 0.6) is 5.75 Å². The van der Waals surface area contributed by atoms with Crippen molar-refractivity contribution in [3.63, 3.8) is 0 Å². The van der Waals surface area contributed by atoms with Crippen LogP contribution >= 0.6 is 23.2 Å². The van der Waals surface area contributed by atoms with Gasteiger partial charge in [-0.1, -0.05) is 29.6 Å². The SMILES string of the molecule is CN1CCCCC1CNc1cc(Cl)c(OC(F)F)c(Cl)c1. The fourth-order valence-electron chi connectivity index (χ4n) is 2.50. The Morgan fingerprint density at radius 3 is 2.57 bits per heavy atom. The van der Waals surface area contributed by atoms with Crippen LogP contribution in [-0.2, 0) is 0 Å². The van der Waals surface area contributed by atoms with Gasteiger partial charge in [-0.05, 0) is 38.6 Å². The number of anilines is 1. The van der Waals surface area contributed by atoms with Crippen molar-refractivity contribution in [1.29, 1.82) is 0 Å². The molecule has 2 rings (SSSR count). The summed E-state index contributed by atoms with van der Waals surface area (Å²) in [6, 6.07) is 3.55. The zero-order valence-corrected chi connectivity index (χ0v) is 13.2. The zero-order chi connectivity index (χ0) is 15.4. The smallest absolute Gasteiger partial charge is 0.387 e. The Kier molecular flexibility index (Phi) is 5.90. The van der Waals surface area contributed by atoms with Gasteiger partial charge in [0.05, 0.1) is 10.0 Å². The van der Waals surface area contributed by atoms with E-state index in [1.807, 2.05) is 0 Å². The van der Waals surface area contributed by atoms with Gasteiger partial charge >= 0.3 is 6.61 Å². The van der Waals surface area contributed by atoms with E-state index in [2.05, 4.69) is 22.0 Å². The van der Waals surface area contributed by atoms with Gasteiger partial charge in [0.2, 0.25) is 0 Å². The molecule has 118 valence electrons. The molecule has 1 unspecified atom stereocenters. The number of benzene rings is 1. The molecule has 21 heavy (non-hydrogen) atoms. The van der Waals surface area contributed by atoms with Crippen LogP contribution in [0.4, 0.5) is 14.5 Å². The topological polar surface area (TPSA) is 24.5 Å². The van der Waals surface area contributed by atoms with Gasteiger partial charge in [0.25, 0.3) is 0 Å². The number of halogens is 4. The number of nitrogens with one attached hydrogen (secondary N) is 1. The fraction of sp³-hybridized carbons (Fsp3) is 0.571. The minimum atomic E-state index is -2.95. The quantitative estimate of drug-likeness (QED) is 0.855. The molecule has 1 aliphatic rings. The molecule has 1 heterocycles. The maximum Gasteiger partial charge on any atom is 0.387 e. The van der Waals surface area contributed by atoms with Crippen molar-refractivity contribution >= 4 is 28.9 Å². The second-order valence-electron chi connectivity index (χ2n) is 5.16. The first-order valence-corrected chi connectivity index (χ1v) is 7.61. The van der Waals surface area contributed by atoms with Gasteiger partial charge in [0, 0.05) is 18.3 Å². The summed E-state index contributed by atoms with van der Waals surface area (Å²) >= 11 is 11.9. The van der Waals surface area contributed by atoms with Crippen LogP contribution in [0.2, 0.25) is 10.0 Å². The van der Waals surface area contributed by atoms with Crippen molar-refractivity contribution in [2.45, 2.75) is 31.9 Å². The number of ether oxygens (including phenoxy) is 1. The number of likely N-dealkylation sites (N-methyl/N-ethyl adjacent to an activating group) is 1. The molecule has 1 aliphatic heterocycles. The van der Waals surface area contributed by atoms with Crippen molar-refractivity contribution in [3.8, 4) is 5.75 Å². The van der Waals surface area contributed by atoms with Gasteiger partial charge < -0.3 is 15.0 Å². The number of likely N-dealkylation sites (tertiary alicyclic amines) is 1. The summed E-state index contributed by atoms with van der Waals surface area (Å²) < 4.78 is 28.8. The predicted molar refractivity (Wildman–Crippen MR) is 81.9 cm³/mol. The van der Waals surface area contributed by atoms with Crippen molar-refractivity contribution in [2.75, 3.05) is 25.5 Å². The van der Waals surface area contributed by atoms with Crippen LogP contribution in [0.3, 0.4) is 0 Å². The largest absolute Gasteiger partial charge is 0.432 e. The first kappa shape index (κ1) is 16.6. The number of piperidine rings is 1. The summed E-state index contributed by atoms with van der Waals surface area (Å²) in [6.07, 6.45) is 3.58. The van der Waals surface area contributed by atoms with Crippen LogP contribution in [0.15, 0.2) is 12.1 Å². The van der Waals surface area contributed by atoms with Crippen LogP contribution in [0.1, 0.15) is 19.3 Å². The number of rotatable bonds is 5. The lowest BCUT2D eigenvalue weighted by Crippen LogP contribution is -2.40. The Bertz CT molecular complexity index is 465. The van der Waals surface area contributed by atoms with Gasteiger partial charge in [-0.3, -0.25) is 0 Å². The molecule has 1 N–H and O–H groups in total. The van der Waals surface area contributed by atoms with E-state index in [4.69, 9.17) is 23.2 Å². The molecule has 1 aromatic rings. The maximum absolute atomic E-state index is 12.3. The van der Waals surface area contributed by atoms with Crippen LogP contribution in [0, 0.1) is 0 Å². The lowest BCUT2D eigenvalue weighted by molar-refractivity contribution is -0.0497. The van der Waals surface area contributed by atoms with Gasteiger partial charge in [-0.2, -0.15) is 8.78 Å². The van der Waals surface area contributed by atoms with Crippen LogP contribution in [0.25, 0.3) is 0 Å². The molecule has 1 fully saturated rings. The Morgan fingerprint density at radius 1 is 1.33 bits per heavy atom. The van der Waals surface area contributed by atoms with Crippen LogP contribution < -0.4 is 10.1 Å². The Balaban J connectivity index is 2.00. The molecule has 0 aromatic heterocycles. The molecule has 0 amide bonds. The zero-order valence-electron chi connectivity index (χ0n) is 11.7. The predicted octanol–water partition coefficient (Wildman–Crippen LogP) is 4.49. The molecule has 0 bridgehead atoms. The molecule has 1 saturated heterocycles. The molecule has 0 saturated carbocycles. The van der Waals surface area contributed by atoms with E-state index in [9.17, 15) is 8.78 Å². The summed E-state index contributed by atoms with van der Waals surface area (Å²) in [7, 11) is 2.10. The van der Waals surface area contributed by atoms with Gasteiger partial charge in [0.1, 0.15) is 0 Å². The second-order valence-corrected chi connectivity index (χ2v) is 5.97. The average Bonchev–Trinajstić information content (AvgIpc) is 2.42. The highest BCUT2D eigenvalue weighted by Crippen LogP contribution is 2.37. The van der Waals surface area contributed by atoms with E-state index in [0.29, 0.717) is 11.7 Å². The highest BCUT2D eigenvalue weighted by Gasteiger charge is 2.19. The lowest BCUT2D eigenvalue weighted by atomic mass is 10.0. The normalized spacial score (nSPS) is 19.8. The lowest BCUT2D eigenvalue weighted by Gasteiger charge is -2.32. The third-order valence-corrected chi connectivity index (χ3v) is 4.23. The maximum atomic E-state index is 12.3. The number of alkyl halides is 2. The first-order chi connectivity index (χ1) is 9.97. The van der Waals surface area contributed by atoms with Crippen molar-refractivity contribution < 1.29 is 13.5 Å². The number of hydrogen-bond acceptors (Lipinski definition) is 3. The van der Waals surface area contributed by atoms with Gasteiger partial charge in [-0.25, -0.2) is 0 Å². The Morgan fingerprint density at radius 2 is 2.00 bits per heavy atom. The molecule has 0 spiro atoms. The molecule has 7 heteroatoms. The van der Waals surface area contributed by atoms with E-state index in [0.717, 1.165) is 19.5 Å². The summed E-state index contributed by atoms with van der Waals surface area (Å²) in [4.78, 5) is 2.31. The summed E-state index contributed by atoms with van der Waals surface area (Å²) in [5.74, 6) is -0.186. The third-order valence-electron chi connectivity index (χ3n) is 3.67. The number of nitrogens with zero attached hydrogens (tertiary/aromatic N) is 1. The average molecular weight is 339 g/mol. The van der Waals surface area contributed by atoms with E-state index in [1.54, 1.807) is 12.1 Å². The van der Waals surface area contributed by atoms with E-state index in [-0.39, 0.29) is 15.8 Å². The molecule has 1 atom stereocenters. The first-order valence-electron chi connectivity index (χ1n) is 6.85. The van der Waals surface area contributed by atoms with E-state index >= 15 is 0 Å². The molecule has 3 nitrogen and oxygen atoms in total. The monoisotopic (exact) mass is 338 g/mol. The minimum absolute atomic E-state index is 0.0716. The van der Waals surface area contributed by atoms with Gasteiger partial charge in [-0.15, -0.1) is 0 Å². The molecular formula is C14H18Cl2F2N2O. The Labute approximate surface area is 133 Å². The summed E-state index contributed by atoms with van der Waals surface area (Å²) in [5, 5.41) is 3.40. The van der Waals surface area contributed by atoms with Crippen LogP contribution in [-0.4, -0.2) is 37.7 Å². The van der Waals surface area contributed by atoms with E-state index in [1.165, 1.54) is 12.8 Å². The van der Waals surface area contributed by atoms with Crippen molar-refractivity contribution in [2.24, 2.45) is 0 Å². The number of hydrogen-bond donors (Lipinski definition) is 1. The third kappa shape index (κ3) is 4.59. The highest BCUT2D eigenvalue weighted by molar-refractivity contribution is 6.37. The van der Waals surface area contributed by atoms with Gasteiger partial charge in [0.15, 0.2) is 5.75 Å². The minimum Gasteiger partial charge on any atom is -0.432 e. The molecule has 1 aromatic carbocycles. The van der Waals surface area contributed by atoms with Crippen molar-refractivity contribution in [1.82, 2.24) is 4.90 Å². The molecule has 0 aliphatic carbocycles. The summed E-state index contributed by atoms with van der Waals surface area (Å²) in [5.41, 5.74) is 0.700.